The number of nitrogens with one attached hydrogen (secondary N) is 1. The van der Waals surface area contributed by atoms with Crippen LogP contribution in [-0.2, 0) is 4.79 Å². The Morgan fingerprint density at radius 1 is 1.25 bits per heavy atom. The first-order valence-electron chi connectivity index (χ1n) is 8.28. The summed E-state index contributed by atoms with van der Waals surface area (Å²) in [7, 11) is 0. The topological polar surface area (TPSA) is 46.9 Å². The van der Waals surface area contributed by atoms with E-state index in [4.69, 9.17) is 0 Å². The van der Waals surface area contributed by atoms with Gasteiger partial charge >= 0.3 is 0 Å². The van der Waals surface area contributed by atoms with Crippen LogP contribution in [0.5, 0.6) is 0 Å². The van der Waals surface area contributed by atoms with Crippen LogP contribution in [0.1, 0.15) is 30.3 Å². The van der Waals surface area contributed by atoms with Crippen LogP contribution in [-0.4, -0.2) is 33.5 Å². The third-order valence-corrected chi connectivity index (χ3v) is 6.00. The molecule has 0 atom stereocenters. The second-order valence-corrected chi connectivity index (χ2v) is 8.08. The van der Waals surface area contributed by atoms with Gasteiger partial charge in [0, 0.05) is 28.9 Å². The summed E-state index contributed by atoms with van der Waals surface area (Å²) in [5.41, 5.74) is 2.31. The molecule has 1 heterocycles. The minimum atomic E-state index is 0.0781. The lowest BCUT2D eigenvalue weighted by Crippen LogP contribution is -2.27. The number of amides is 1. The van der Waals surface area contributed by atoms with Crippen LogP contribution in [0.4, 0.5) is 0 Å². The van der Waals surface area contributed by atoms with E-state index >= 15 is 0 Å². The van der Waals surface area contributed by atoms with Crippen molar-refractivity contribution < 1.29 is 4.79 Å². The fourth-order valence-corrected chi connectivity index (χ4v) is 4.30. The number of hydrogen-bond acceptors (Lipinski definition) is 4. The molecular weight excluding hydrogens is 338 g/mol. The Hall–Kier alpha value is -1.40. The fourth-order valence-electron chi connectivity index (χ4n) is 2.52. The van der Waals surface area contributed by atoms with Crippen LogP contribution in [0.15, 0.2) is 40.4 Å². The van der Waals surface area contributed by atoms with E-state index in [2.05, 4.69) is 33.9 Å². The van der Waals surface area contributed by atoms with Gasteiger partial charge < -0.3 is 9.88 Å². The van der Waals surface area contributed by atoms with Gasteiger partial charge in [-0.25, -0.2) is 4.98 Å². The Balaban J connectivity index is 1.41. The Morgan fingerprint density at radius 3 is 2.71 bits per heavy atom. The van der Waals surface area contributed by atoms with Gasteiger partial charge in [0.05, 0.1) is 11.4 Å². The van der Waals surface area contributed by atoms with Crippen LogP contribution in [0, 0.1) is 13.8 Å². The highest BCUT2D eigenvalue weighted by atomic mass is 32.2. The molecule has 1 fully saturated rings. The predicted molar refractivity (Wildman–Crippen MR) is 101 cm³/mol. The van der Waals surface area contributed by atoms with Crippen molar-refractivity contribution in [3.05, 3.63) is 41.7 Å². The molecule has 2 aromatic rings. The lowest BCUT2D eigenvalue weighted by molar-refractivity contribution is -0.118. The van der Waals surface area contributed by atoms with Gasteiger partial charge in [-0.1, -0.05) is 30.0 Å². The fraction of sp³-hybridized carbons (Fsp3) is 0.444. The molecule has 1 aromatic heterocycles. The van der Waals surface area contributed by atoms with Crippen LogP contribution >= 0.6 is 23.5 Å². The zero-order valence-electron chi connectivity index (χ0n) is 14.1. The molecule has 1 amide bonds. The minimum Gasteiger partial charge on any atom is -0.355 e. The number of rotatable bonds is 8. The lowest BCUT2D eigenvalue weighted by Gasteiger charge is -2.08. The van der Waals surface area contributed by atoms with Crippen LogP contribution in [0.25, 0.3) is 0 Å². The number of hydrogen-bond donors (Lipinski definition) is 1. The number of imidazole rings is 1. The quantitative estimate of drug-likeness (QED) is 0.573. The molecule has 1 N–H and O–H groups in total. The van der Waals surface area contributed by atoms with Gasteiger partial charge in [0.15, 0.2) is 5.16 Å². The summed E-state index contributed by atoms with van der Waals surface area (Å²) < 4.78 is 2.30. The summed E-state index contributed by atoms with van der Waals surface area (Å²) in [5.74, 6) is 1.39. The van der Waals surface area contributed by atoms with E-state index in [-0.39, 0.29) is 5.91 Å². The Labute approximate surface area is 151 Å². The van der Waals surface area contributed by atoms with Crippen LogP contribution in [0.2, 0.25) is 0 Å². The maximum Gasteiger partial charge on any atom is 0.230 e. The SMILES string of the molecule is Cc1nc(SCC(=O)NCCSc2ccccc2)n(C2CC2)c1C. The second kappa shape index (κ2) is 8.12. The summed E-state index contributed by atoms with van der Waals surface area (Å²) in [6.45, 7) is 4.85. The molecule has 24 heavy (non-hydrogen) atoms. The highest BCUT2D eigenvalue weighted by Gasteiger charge is 2.28. The molecule has 4 nitrogen and oxygen atoms in total. The summed E-state index contributed by atoms with van der Waals surface area (Å²) in [6.07, 6.45) is 2.46. The molecule has 6 heteroatoms. The van der Waals surface area contributed by atoms with Crippen molar-refractivity contribution in [1.82, 2.24) is 14.9 Å². The third-order valence-electron chi connectivity index (χ3n) is 4.03. The molecule has 1 saturated carbocycles. The summed E-state index contributed by atoms with van der Waals surface area (Å²) >= 11 is 3.30. The molecule has 0 unspecified atom stereocenters. The number of carbonyl (C=O) groups is 1. The molecule has 128 valence electrons. The molecule has 0 radical (unpaired) electrons. The molecule has 0 aliphatic heterocycles. The average molecular weight is 362 g/mol. The Morgan fingerprint density at radius 2 is 2.00 bits per heavy atom. The van der Waals surface area contributed by atoms with E-state index in [1.807, 2.05) is 25.1 Å². The highest BCUT2D eigenvalue weighted by Crippen LogP contribution is 2.39. The first-order valence-corrected chi connectivity index (χ1v) is 10.2. The number of aryl methyl sites for hydroxylation is 1. The standard InChI is InChI=1S/C18H23N3OS2/c1-13-14(2)21(15-8-9-15)18(20-13)24-12-17(22)19-10-11-23-16-6-4-3-5-7-16/h3-7,15H,8-12H2,1-2H3,(H,19,22). The summed E-state index contributed by atoms with van der Waals surface area (Å²) in [5, 5.41) is 3.98. The van der Waals surface area contributed by atoms with Gasteiger partial charge in [-0.2, -0.15) is 0 Å². The second-order valence-electron chi connectivity index (χ2n) is 5.97. The highest BCUT2D eigenvalue weighted by molar-refractivity contribution is 7.99. The maximum absolute atomic E-state index is 12.0. The van der Waals surface area contributed by atoms with Crippen molar-refractivity contribution >= 4 is 29.4 Å². The molecule has 1 aliphatic rings. The molecule has 3 rings (SSSR count). The van der Waals surface area contributed by atoms with E-state index in [1.54, 1.807) is 23.5 Å². The van der Waals surface area contributed by atoms with E-state index in [1.165, 1.54) is 23.4 Å². The van der Waals surface area contributed by atoms with Gasteiger partial charge in [-0.15, -0.1) is 11.8 Å². The van der Waals surface area contributed by atoms with Crippen LogP contribution < -0.4 is 5.32 Å². The number of nitrogens with zero attached hydrogens (tertiary/aromatic N) is 2. The van der Waals surface area contributed by atoms with Gasteiger partial charge in [0.2, 0.25) is 5.91 Å². The maximum atomic E-state index is 12.0. The van der Waals surface area contributed by atoms with Gasteiger partial charge in [0.1, 0.15) is 0 Å². The van der Waals surface area contributed by atoms with Gasteiger partial charge in [-0.05, 0) is 38.8 Å². The smallest absolute Gasteiger partial charge is 0.230 e. The Bertz CT molecular complexity index is 696. The number of carbonyl (C=O) groups excluding carboxylic acids is 1. The summed E-state index contributed by atoms with van der Waals surface area (Å²) in [4.78, 5) is 17.9. The van der Waals surface area contributed by atoms with Crippen molar-refractivity contribution in [3.63, 3.8) is 0 Å². The zero-order valence-corrected chi connectivity index (χ0v) is 15.8. The van der Waals surface area contributed by atoms with Crippen molar-refractivity contribution in [1.29, 1.82) is 0 Å². The van der Waals surface area contributed by atoms with Gasteiger partial charge in [-0.3, -0.25) is 4.79 Å². The van der Waals surface area contributed by atoms with E-state index in [0.29, 0.717) is 18.3 Å². The molecule has 1 aliphatic carbocycles. The minimum absolute atomic E-state index is 0.0781. The third kappa shape index (κ3) is 4.57. The largest absolute Gasteiger partial charge is 0.355 e. The van der Waals surface area contributed by atoms with E-state index in [9.17, 15) is 4.79 Å². The average Bonchev–Trinajstić information content (AvgIpc) is 3.38. The van der Waals surface area contributed by atoms with Crippen molar-refractivity contribution in [2.24, 2.45) is 0 Å². The van der Waals surface area contributed by atoms with Crippen molar-refractivity contribution in [2.75, 3.05) is 18.1 Å². The monoisotopic (exact) mass is 361 g/mol. The molecule has 0 saturated heterocycles. The first-order chi connectivity index (χ1) is 11.6. The van der Waals surface area contributed by atoms with Gasteiger partial charge in [0.25, 0.3) is 0 Å². The number of thioether (sulfide) groups is 2. The zero-order chi connectivity index (χ0) is 16.9. The van der Waals surface area contributed by atoms with Crippen molar-refractivity contribution in [3.8, 4) is 0 Å². The molecular formula is C18H23N3OS2. The molecule has 0 bridgehead atoms. The normalized spacial score (nSPS) is 13.9. The molecule has 0 spiro atoms. The number of aromatic nitrogens is 2. The summed E-state index contributed by atoms with van der Waals surface area (Å²) in [6, 6.07) is 10.8. The molecule has 1 aromatic carbocycles. The van der Waals surface area contributed by atoms with Crippen LogP contribution in [0.3, 0.4) is 0 Å². The van der Waals surface area contributed by atoms with Crippen molar-refractivity contribution in [2.45, 2.75) is 42.8 Å². The lowest BCUT2D eigenvalue weighted by atomic mass is 10.4. The number of benzene rings is 1. The van der Waals surface area contributed by atoms with E-state index < -0.39 is 0 Å². The Kier molecular flexibility index (Phi) is 5.89. The first kappa shape index (κ1) is 17.4. The predicted octanol–water partition coefficient (Wildman–Crippen LogP) is 3.84. The van der Waals surface area contributed by atoms with E-state index in [0.717, 1.165) is 16.6 Å².